The first-order valence-corrected chi connectivity index (χ1v) is 7.22. The molecule has 2 aromatic carbocycles. The van der Waals surface area contributed by atoms with Crippen LogP contribution in [0.15, 0.2) is 78.0 Å². The van der Waals surface area contributed by atoms with Gasteiger partial charge in [0.2, 0.25) is 0 Å². The van der Waals surface area contributed by atoms with E-state index in [-0.39, 0.29) is 0 Å². The van der Waals surface area contributed by atoms with E-state index < -0.39 is 0 Å². The van der Waals surface area contributed by atoms with Crippen molar-refractivity contribution < 1.29 is 9.47 Å². The van der Waals surface area contributed by atoms with E-state index in [9.17, 15) is 0 Å². The van der Waals surface area contributed by atoms with Crippen molar-refractivity contribution in [1.29, 1.82) is 0 Å². The minimum Gasteiger partial charge on any atom is -0.497 e. The molecule has 0 spiro atoms. The molecule has 4 nitrogen and oxygen atoms in total. The summed E-state index contributed by atoms with van der Waals surface area (Å²) >= 11 is 0. The van der Waals surface area contributed by atoms with Gasteiger partial charge in [0.15, 0.2) is 0 Å². The lowest BCUT2D eigenvalue weighted by Gasteiger charge is -2.02. The zero-order chi connectivity index (χ0) is 16.3. The van der Waals surface area contributed by atoms with Crippen LogP contribution in [0.4, 0.5) is 11.4 Å². The van der Waals surface area contributed by atoms with Gasteiger partial charge in [0, 0.05) is 18.1 Å². The third-order valence-corrected chi connectivity index (χ3v) is 3.04. The van der Waals surface area contributed by atoms with Gasteiger partial charge < -0.3 is 14.8 Å². The van der Waals surface area contributed by atoms with Crippen molar-refractivity contribution in [2.45, 2.75) is 0 Å². The molecule has 0 aliphatic heterocycles. The predicted molar refractivity (Wildman–Crippen MR) is 96.0 cm³/mol. The molecular weight excluding hydrogens is 288 g/mol. The van der Waals surface area contributed by atoms with Crippen LogP contribution in [0, 0.1) is 0 Å². The van der Waals surface area contributed by atoms with Gasteiger partial charge in [-0.1, -0.05) is 6.08 Å². The quantitative estimate of drug-likeness (QED) is 0.601. The van der Waals surface area contributed by atoms with Gasteiger partial charge in [-0.2, -0.15) is 0 Å². The molecule has 2 rings (SSSR count). The number of benzene rings is 2. The van der Waals surface area contributed by atoms with Gasteiger partial charge >= 0.3 is 0 Å². The van der Waals surface area contributed by atoms with E-state index in [1.165, 1.54) is 0 Å². The van der Waals surface area contributed by atoms with E-state index in [0.717, 1.165) is 22.9 Å². The fourth-order valence-corrected chi connectivity index (χ4v) is 1.80. The van der Waals surface area contributed by atoms with Gasteiger partial charge in [-0.3, -0.25) is 4.99 Å². The van der Waals surface area contributed by atoms with E-state index in [4.69, 9.17) is 9.47 Å². The number of hydrogen-bond donors (Lipinski definition) is 1. The summed E-state index contributed by atoms with van der Waals surface area (Å²) in [5, 5.41) is 3.17. The van der Waals surface area contributed by atoms with Crippen LogP contribution in [0.1, 0.15) is 0 Å². The molecule has 1 N–H and O–H groups in total. The number of allylic oxidation sites excluding steroid dienone is 3. The molecule has 118 valence electrons. The van der Waals surface area contributed by atoms with Crippen LogP contribution >= 0.6 is 0 Å². The molecular formula is C19H20N2O2. The maximum Gasteiger partial charge on any atom is 0.119 e. The van der Waals surface area contributed by atoms with Gasteiger partial charge in [-0.15, -0.1) is 0 Å². The molecule has 0 aliphatic rings. The fourth-order valence-electron chi connectivity index (χ4n) is 1.80. The van der Waals surface area contributed by atoms with Crippen molar-refractivity contribution in [3.8, 4) is 11.5 Å². The number of nitrogens with zero attached hydrogens (tertiary/aromatic N) is 1. The van der Waals surface area contributed by atoms with E-state index in [2.05, 4.69) is 10.3 Å². The Morgan fingerprint density at radius 3 is 2.00 bits per heavy atom. The highest BCUT2D eigenvalue weighted by molar-refractivity contribution is 5.74. The van der Waals surface area contributed by atoms with Crippen molar-refractivity contribution >= 4 is 17.6 Å². The largest absolute Gasteiger partial charge is 0.497 e. The Labute approximate surface area is 136 Å². The summed E-state index contributed by atoms with van der Waals surface area (Å²) < 4.78 is 10.2. The minimum absolute atomic E-state index is 0.826. The Balaban J connectivity index is 1.77. The van der Waals surface area contributed by atoms with Crippen molar-refractivity contribution in [3.63, 3.8) is 0 Å². The molecule has 23 heavy (non-hydrogen) atoms. The molecule has 0 bridgehead atoms. The minimum atomic E-state index is 0.826. The number of hydrogen-bond acceptors (Lipinski definition) is 4. The first-order chi connectivity index (χ1) is 11.3. The van der Waals surface area contributed by atoms with E-state index in [1.807, 2.05) is 73.0 Å². The molecule has 0 unspecified atom stereocenters. The maximum absolute atomic E-state index is 5.11. The lowest BCUT2D eigenvalue weighted by atomic mass is 10.3. The van der Waals surface area contributed by atoms with Gasteiger partial charge in [0.25, 0.3) is 0 Å². The summed E-state index contributed by atoms with van der Waals surface area (Å²) in [6, 6.07) is 15.3. The Morgan fingerprint density at radius 2 is 1.39 bits per heavy atom. The first kappa shape index (κ1) is 16.4. The molecule has 0 atom stereocenters. The first-order valence-electron chi connectivity index (χ1n) is 7.22. The number of aliphatic imine (C=N–C) groups is 1. The topological polar surface area (TPSA) is 42.8 Å². The predicted octanol–water partition coefficient (Wildman–Crippen LogP) is 4.59. The van der Waals surface area contributed by atoms with Gasteiger partial charge in [0.1, 0.15) is 11.5 Å². The van der Waals surface area contributed by atoms with Crippen molar-refractivity contribution in [2.75, 3.05) is 19.5 Å². The summed E-state index contributed by atoms with van der Waals surface area (Å²) in [5.41, 5.74) is 1.89. The van der Waals surface area contributed by atoms with E-state index >= 15 is 0 Å². The van der Waals surface area contributed by atoms with Crippen LogP contribution in [0.2, 0.25) is 0 Å². The average Bonchev–Trinajstić information content (AvgIpc) is 2.62. The van der Waals surface area contributed by atoms with E-state index in [1.54, 1.807) is 20.4 Å². The normalized spacial score (nSPS) is 11.4. The summed E-state index contributed by atoms with van der Waals surface area (Å²) in [6.07, 6.45) is 9.29. The van der Waals surface area contributed by atoms with Crippen LogP contribution in [0.25, 0.3) is 0 Å². The third-order valence-electron chi connectivity index (χ3n) is 3.04. The maximum atomic E-state index is 5.11. The molecule has 0 radical (unpaired) electrons. The molecule has 0 amide bonds. The summed E-state index contributed by atoms with van der Waals surface area (Å²) in [5.74, 6) is 1.67. The smallest absolute Gasteiger partial charge is 0.119 e. The average molecular weight is 308 g/mol. The molecule has 0 aromatic heterocycles. The van der Waals surface area contributed by atoms with Crippen LogP contribution in [-0.4, -0.2) is 20.4 Å². The second-order valence-corrected chi connectivity index (χ2v) is 4.59. The SMILES string of the molecule is COc1ccc(N=C/C=C/C=C/Nc2ccc(OC)cc2)cc1. The van der Waals surface area contributed by atoms with Crippen molar-refractivity contribution in [1.82, 2.24) is 0 Å². The second-order valence-electron chi connectivity index (χ2n) is 4.59. The van der Waals surface area contributed by atoms with Gasteiger partial charge in [-0.05, 0) is 60.7 Å². The van der Waals surface area contributed by atoms with E-state index in [0.29, 0.717) is 0 Å². The molecule has 0 heterocycles. The van der Waals surface area contributed by atoms with Gasteiger partial charge in [-0.25, -0.2) is 0 Å². The van der Waals surface area contributed by atoms with Crippen LogP contribution < -0.4 is 14.8 Å². The zero-order valence-electron chi connectivity index (χ0n) is 13.3. The summed E-state index contributed by atoms with van der Waals surface area (Å²) in [4.78, 5) is 4.32. The number of nitrogens with one attached hydrogen (secondary N) is 1. The van der Waals surface area contributed by atoms with Crippen LogP contribution in [0.5, 0.6) is 11.5 Å². The van der Waals surface area contributed by atoms with Crippen LogP contribution in [0.3, 0.4) is 0 Å². The molecule has 0 saturated heterocycles. The lowest BCUT2D eigenvalue weighted by Crippen LogP contribution is -1.87. The number of anilines is 1. The molecule has 4 heteroatoms. The molecule has 0 saturated carbocycles. The summed E-state index contributed by atoms with van der Waals surface area (Å²) in [7, 11) is 3.30. The van der Waals surface area contributed by atoms with Crippen molar-refractivity contribution in [2.24, 2.45) is 4.99 Å². The monoisotopic (exact) mass is 308 g/mol. The number of ether oxygens (including phenoxy) is 2. The lowest BCUT2D eigenvalue weighted by molar-refractivity contribution is 0.415. The Kier molecular flexibility index (Phi) is 6.47. The number of methoxy groups -OCH3 is 2. The zero-order valence-corrected chi connectivity index (χ0v) is 13.3. The molecule has 0 fully saturated rings. The second kappa shape index (κ2) is 9.10. The number of rotatable bonds is 7. The Morgan fingerprint density at radius 1 is 0.783 bits per heavy atom. The van der Waals surface area contributed by atoms with Gasteiger partial charge in [0.05, 0.1) is 19.9 Å². The Bertz CT molecular complexity index is 672. The summed E-state index contributed by atoms with van der Waals surface area (Å²) in [6.45, 7) is 0. The fraction of sp³-hybridized carbons (Fsp3) is 0.105. The Hall–Kier alpha value is -3.01. The molecule has 2 aromatic rings. The third kappa shape index (κ3) is 5.71. The highest BCUT2D eigenvalue weighted by atomic mass is 16.5. The highest BCUT2D eigenvalue weighted by Crippen LogP contribution is 2.17. The molecule has 0 aliphatic carbocycles. The van der Waals surface area contributed by atoms with Crippen LogP contribution in [-0.2, 0) is 0 Å². The standard InChI is InChI=1S/C19H20N2O2/c1-22-18-10-6-16(7-11-18)20-14-4-3-5-15-21-17-8-12-19(23-2)13-9-17/h3-15,20H,1-2H3/b5-3+,14-4+,21-15?. The highest BCUT2D eigenvalue weighted by Gasteiger charge is 1.90. The van der Waals surface area contributed by atoms with Crippen molar-refractivity contribution in [3.05, 3.63) is 73.0 Å².